The molecule has 0 aromatic heterocycles. The molecule has 2 saturated carbocycles. The molecule has 0 heterocycles. The molecule has 0 unspecified atom stereocenters. The van der Waals surface area contributed by atoms with Gasteiger partial charge in [0.05, 0.1) is 12.5 Å². The maximum atomic E-state index is 11.7. The molecule has 3 nitrogen and oxygen atoms in total. The van der Waals surface area contributed by atoms with Crippen molar-refractivity contribution in [1.29, 1.82) is 0 Å². The Morgan fingerprint density at radius 2 is 2.07 bits per heavy atom. The van der Waals surface area contributed by atoms with E-state index in [0.29, 0.717) is 0 Å². The minimum atomic E-state index is -0.231. The summed E-state index contributed by atoms with van der Waals surface area (Å²) < 4.78 is 4.88. The molecule has 2 aliphatic carbocycles. The van der Waals surface area contributed by atoms with Crippen molar-refractivity contribution >= 4 is 11.9 Å². The highest BCUT2D eigenvalue weighted by Crippen LogP contribution is 2.63. The highest BCUT2D eigenvalue weighted by Gasteiger charge is 2.57. The van der Waals surface area contributed by atoms with E-state index in [1.165, 1.54) is 7.11 Å². The van der Waals surface area contributed by atoms with E-state index < -0.39 is 0 Å². The molecule has 0 saturated heterocycles. The average molecular weight is 208 g/mol. The topological polar surface area (TPSA) is 43.4 Å². The van der Waals surface area contributed by atoms with Gasteiger partial charge in [-0.2, -0.15) is 0 Å². The Morgan fingerprint density at radius 3 is 2.60 bits per heavy atom. The number of carbonyl (C=O) groups is 1. The van der Waals surface area contributed by atoms with Gasteiger partial charge in [-0.05, 0) is 43.9 Å². The van der Waals surface area contributed by atoms with E-state index >= 15 is 0 Å². The lowest BCUT2D eigenvalue weighted by Crippen LogP contribution is -2.27. The molecular formula is C12H16O3. The largest absolute Gasteiger partial charge is 0.469 e. The van der Waals surface area contributed by atoms with Crippen molar-refractivity contribution < 1.29 is 14.3 Å². The van der Waals surface area contributed by atoms with Gasteiger partial charge < -0.3 is 4.74 Å². The first-order valence-corrected chi connectivity index (χ1v) is 5.44. The summed E-state index contributed by atoms with van der Waals surface area (Å²) >= 11 is 0. The molecule has 2 fully saturated rings. The Balaban J connectivity index is 2.13. The van der Waals surface area contributed by atoms with Gasteiger partial charge in [-0.25, -0.2) is 4.79 Å². The summed E-state index contributed by atoms with van der Waals surface area (Å²) in [5, 5.41) is 0. The maximum absolute atomic E-state index is 11.7. The first-order valence-electron chi connectivity index (χ1n) is 5.44. The highest BCUT2D eigenvalue weighted by atomic mass is 16.5. The van der Waals surface area contributed by atoms with Crippen LogP contribution in [0.25, 0.3) is 0 Å². The number of carbonyl (C=O) groups excluding carboxylic acids is 2. The van der Waals surface area contributed by atoms with E-state index in [2.05, 4.69) is 0 Å². The molecule has 0 aliphatic heterocycles. The molecule has 0 atom stereocenters. The first-order chi connectivity index (χ1) is 7.16. The molecule has 0 aromatic rings. The summed E-state index contributed by atoms with van der Waals surface area (Å²) in [5.41, 5.74) is -0.0446. The fraction of sp³-hybridized carbons (Fsp3) is 0.750. The number of esters is 1. The SMILES string of the molecule is COC(=O)C12CCC(CC=C=O)(CC1)C2. The van der Waals surface area contributed by atoms with Crippen LogP contribution < -0.4 is 0 Å². The lowest BCUT2D eigenvalue weighted by Gasteiger charge is -2.25. The molecule has 3 heteroatoms. The zero-order valence-corrected chi connectivity index (χ0v) is 9.04. The Bertz CT molecular complexity index is 318. The predicted octanol–water partition coefficient (Wildman–Crippen LogP) is 1.89. The standard InChI is InChI=1S/C12H16O3/c1-15-10(14)12-6-4-11(9-12,5-7-12)3-2-8-13/h2H,3-7,9H2,1H3. The number of hydrogen-bond acceptors (Lipinski definition) is 3. The third-order valence-electron chi connectivity index (χ3n) is 4.22. The minimum absolute atomic E-state index is 0.0584. The summed E-state index contributed by atoms with van der Waals surface area (Å²) in [7, 11) is 1.46. The number of ether oxygens (including phenoxy) is 1. The maximum Gasteiger partial charge on any atom is 0.311 e. The van der Waals surface area contributed by atoms with E-state index in [9.17, 15) is 9.59 Å². The summed E-state index contributed by atoms with van der Waals surface area (Å²) in [6, 6.07) is 0. The summed E-state index contributed by atoms with van der Waals surface area (Å²) in [6.45, 7) is 0. The van der Waals surface area contributed by atoms with Crippen molar-refractivity contribution in [2.24, 2.45) is 10.8 Å². The van der Waals surface area contributed by atoms with Crippen LogP contribution in [0.15, 0.2) is 6.08 Å². The lowest BCUT2D eigenvalue weighted by atomic mass is 9.80. The molecule has 0 spiro atoms. The Hall–Kier alpha value is -1.08. The molecule has 0 amide bonds. The fourth-order valence-corrected chi connectivity index (χ4v) is 3.36. The average Bonchev–Trinajstić information content (AvgIpc) is 2.82. The summed E-state index contributed by atoms with van der Waals surface area (Å²) in [5.74, 6) is 1.78. The number of methoxy groups -OCH3 is 1. The summed E-state index contributed by atoms with van der Waals surface area (Å²) in [6.07, 6.45) is 7.16. The molecule has 2 bridgehead atoms. The van der Waals surface area contributed by atoms with E-state index in [0.717, 1.165) is 38.5 Å². The van der Waals surface area contributed by atoms with Crippen molar-refractivity contribution in [1.82, 2.24) is 0 Å². The van der Waals surface area contributed by atoms with Crippen molar-refractivity contribution in [3.63, 3.8) is 0 Å². The van der Waals surface area contributed by atoms with Crippen LogP contribution in [0.3, 0.4) is 0 Å². The molecule has 0 N–H and O–H groups in total. The smallest absolute Gasteiger partial charge is 0.311 e. The minimum Gasteiger partial charge on any atom is -0.469 e. The van der Waals surface area contributed by atoms with E-state index in [-0.39, 0.29) is 16.8 Å². The zero-order chi connectivity index (χ0) is 10.9. The number of hydrogen-bond donors (Lipinski definition) is 0. The van der Waals surface area contributed by atoms with Crippen LogP contribution in [-0.2, 0) is 14.3 Å². The van der Waals surface area contributed by atoms with E-state index in [4.69, 9.17) is 4.74 Å². The quantitative estimate of drug-likeness (QED) is 0.525. The van der Waals surface area contributed by atoms with Gasteiger partial charge in [-0.3, -0.25) is 4.79 Å². The zero-order valence-electron chi connectivity index (χ0n) is 9.04. The second-order valence-electron chi connectivity index (χ2n) is 4.97. The van der Waals surface area contributed by atoms with Crippen molar-refractivity contribution in [2.75, 3.05) is 7.11 Å². The predicted molar refractivity (Wildman–Crippen MR) is 54.8 cm³/mol. The fourth-order valence-electron chi connectivity index (χ4n) is 3.36. The summed E-state index contributed by atoms with van der Waals surface area (Å²) in [4.78, 5) is 21.9. The number of rotatable bonds is 3. The molecule has 0 radical (unpaired) electrons. The Labute approximate surface area is 89.5 Å². The van der Waals surface area contributed by atoms with Crippen LogP contribution in [0, 0.1) is 10.8 Å². The van der Waals surface area contributed by atoms with Gasteiger partial charge >= 0.3 is 5.97 Å². The van der Waals surface area contributed by atoms with Crippen LogP contribution in [0.5, 0.6) is 0 Å². The van der Waals surface area contributed by atoms with Crippen molar-refractivity contribution in [3.8, 4) is 0 Å². The van der Waals surface area contributed by atoms with E-state index in [1.807, 2.05) is 5.94 Å². The third-order valence-corrected chi connectivity index (χ3v) is 4.22. The molecule has 0 aromatic carbocycles. The van der Waals surface area contributed by atoms with Crippen LogP contribution >= 0.6 is 0 Å². The normalized spacial score (nSPS) is 37.4. The molecule has 2 aliphatic rings. The van der Waals surface area contributed by atoms with Crippen LogP contribution in [0.2, 0.25) is 0 Å². The van der Waals surface area contributed by atoms with E-state index in [1.54, 1.807) is 6.08 Å². The Morgan fingerprint density at radius 1 is 1.40 bits per heavy atom. The lowest BCUT2D eigenvalue weighted by molar-refractivity contribution is -0.152. The van der Waals surface area contributed by atoms with Gasteiger partial charge in [0, 0.05) is 6.08 Å². The third kappa shape index (κ3) is 1.51. The molecular weight excluding hydrogens is 192 g/mol. The van der Waals surface area contributed by atoms with Gasteiger partial charge in [-0.1, -0.05) is 0 Å². The van der Waals surface area contributed by atoms with Crippen molar-refractivity contribution in [2.45, 2.75) is 38.5 Å². The van der Waals surface area contributed by atoms with Gasteiger partial charge in [0.2, 0.25) is 0 Å². The second-order valence-corrected chi connectivity index (χ2v) is 4.97. The number of allylic oxidation sites excluding steroid dienone is 1. The first kappa shape index (κ1) is 10.4. The Kier molecular flexibility index (Phi) is 2.43. The van der Waals surface area contributed by atoms with Crippen LogP contribution in [0.4, 0.5) is 0 Å². The monoisotopic (exact) mass is 208 g/mol. The van der Waals surface area contributed by atoms with Crippen LogP contribution in [0.1, 0.15) is 38.5 Å². The van der Waals surface area contributed by atoms with Crippen LogP contribution in [-0.4, -0.2) is 19.0 Å². The van der Waals surface area contributed by atoms with Gasteiger partial charge in [0.15, 0.2) is 0 Å². The van der Waals surface area contributed by atoms with Gasteiger partial charge in [0.25, 0.3) is 0 Å². The van der Waals surface area contributed by atoms with Gasteiger partial charge in [0.1, 0.15) is 5.94 Å². The number of fused-ring (bicyclic) bond motifs is 2. The molecule has 2 rings (SSSR count). The highest BCUT2D eigenvalue weighted by molar-refractivity contribution is 5.78. The second kappa shape index (κ2) is 3.49. The molecule has 15 heavy (non-hydrogen) atoms. The van der Waals surface area contributed by atoms with Gasteiger partial charge in [-0.15, -0.1) is 0 Å². The van der Waals surface area contributed by atoms with Crippen molar-refractivity contribution in [3.05, 3.63) is 6.08 Å². The molecule has 82 valence electrons.